The van der Waals surface area contributed by atoms with Gasteiger partial charge in [0.05, 0.1) is 16.3 Å². The summed E-state index contributed by atoms with van der Waals surface area (Å²) in [5.41, 5.74) is -0.297. The highest BCUT2D eigenvalue weighted by molar-refractivity contribution is 6.14. The predicted molar refractivity (Wildman–Crippen MR) is 74.7 cm³/mol. The lowest BCUT2D eigenvalue weighted by atomic mass is 10.1. The van der Waals surface area contributed by atoms with E-state index < -0.39 is 0 Å². The molecule has 0 fully saturated rings. The molecule has 0 saturated carbocycles. The summed E-state index contributed by atoms with van der Waals surface area (Å²) in [5, 5.41) is 7.10. The second-order valence-electron chi connectivity index (χ2n) is 6.95. The van der Waals surface area contributed by atoms with Crippen molar-refractivity contribution in [2.24, 2.45) is 0 Å². The van der Waals surface area contributed by atoms with Gasteiger partial charge in [-0.1, -0.05) is 0 Å². The molecule has 0 bridgehead atoms. The quantitative estimate of drug-likeness (QED) is 0.577. The van der Waals surface area contributed by atoms with Gasteiger partial charge in [0.2, 0.25) is 0 Å². The molecule has 3 nitrogen and oxygen atoms in total. The number of hydrogen-bond donors (Lipinski definition) is 2. The second-order valence-corrected chi connectivity index (χ2v) is 8.36. The monoisotopic (exact) mass is 246 g/mol. The van der Waals surface area contributed by atoms with Gasteiger partial charge >= 0.3 is 0 Å². The highest BCUT2D eigenvalue weighted by Crippen LogP contribution is 2.14. The van der Waals surface area contributed by atoms with Crippen LogP contribution in [0.1, 0.15) is 55.4 Å². The Labute approximate surface area is 104 Å². The predicted octanol–water partition coefficient (Wildman–Crippen LogP) is 1.16. The van der Waals surface area contributed by atoms with Gasteiger partial charge in [-0.25, -0.2) is 0 Å². The fourth-order valence-electron chi connectivity index (χ4n) is 1.99. The largest absolute Gasteiger partial charge is 0.350 e. The summed E-state index contributed by atoms with van der Waals surface area (Å²) in [4.78, 5) is 0. The lowest BCUT2D eigenvalue weighted by molar-refractivity contribution is -0.0901. The smallest absolute Gasteiger partial charge is 0.147 e. The molecule has 2 N–H and O–H groups in total. The topological polar surface area (TPSA) is 33.3 Å². The van der Waals surface area contributed by atoms with E-state index in [0.717, 1.165) is 10.2 Å². The third-order valence-corrected chi connectivity index (χ3v) is 2.43. The van der Waals surface area contributed by atoms with Gasteiger partial charge in [0.15, 0.2) is 0 Å². The maximum atomic E-state index is 6.03. The van der Waals surface area contributed by atoms with E-state index in [0.29, 0.717) is 0 Å². The molecule has 0 aliphatic carbocycles. The molecule has 98 valence electrons. The van der Waals surface area contributed by atoms with Crippen molar-refractivity contribution in [3.05, 3.63) is 0 Å². The van der Waals surface area contributed by atoms with Crippen molar-refractivity contribution in [1.29, 1.82) is 0 Å². The van der Waals surface area contributed by atoms with E-state index in [4.69, 9.17) is 4.74 Å². The van der Waals surface area contributed by atoms with E-state index in [1.807, 2.05) is 0 Å². The summed E-state index contributed by atoms with van der Waals surface area (Å²) in [6.45, 7) is 17.1. The van der Waals surface area contributed by atoms with Crippen LogP contribution < -0.4 is 10.6 Å². The van der Waals surface area contributed by atoms with Gasteiger partial charge in [-0.15, -0.1) is 0 Å². The first-order chi connectivity index (χ1) is 6.83. The molecule has 16 heavy (non-hydrogen) atoms. The van der Waals surface area contributed by atoms with Crippen LogP contribution in [-0.4, -0.2) is 32.9 Å². The Hall–Kier alpha value is 0.0969. The molecular weight excluding hydrogens is 216 g/mol. The van der Waals surface area contributed by atoms with Crippen LogP contribution in [0, 0.1) is 0 Å². The van der Waals surface area contributed by atoms with Crippen LogP contribution >= 0.6 is 0 Å². The second kappa shape index (κ2) is 5.17. The summed E-state index contributed by atoms with van der Waals surface area (Å²) in [6.07, 6.45) is 0.210. The molecule has 0 aliphatic heterocycles. The molecule has 0 unspecified atom stereocenters. The molecule has 0 amide bonds. The van der Waals surface area contributed by atoms with Crippen LogP contribution in [0.4, 0.5) is 0 Å². The standard InChI is InChI=1S/C12H30N2OSi/c1-9(2)15-12(16,13-10(3,4)5)14-11(6,7)8/h9,13-14H,1-8,16H3. The fraction of sp³-hybridized carbons (Fsp3) is 1.00. The van der Waals surface area contributed by atoms with Gasteiger partial charge < -0.3 is 4.74 Å². The molecule has 0 aromatic rings. The fourth-order valence-corrected chi connectivity index (χ4v) is 3.96. The molecular formula is C12H30N2OSi. The summed E-state index contributed by atoms with van der Waals surface area (Å²) >= 11 is 0. The molecule has 0 heterocycles. The molecule has 0 aromatic heterocycles. The summed E-state index contributed by atoms with van der Waals surface area (Å²) in [7, 11) is 0.884. The lowest BCUT2D eigenvalue weighted by Crippen LogP contribution is -2.69. The van der Waals surface area contributed by atoms with Gasteiger partial charge in [0.25, 0.3) is 0 Å². The minimum atomic E-state index is -0.370. The Balaban J connectivity index is 4.75. The van der Waals surface area contributed by atoms with Crippen molar-refractivity contribution in [2.75, 3.05) is 0 Å². The first-order valence-electron chi connectivity index (χ1n) is 6.09. The Morgan fingerprint density at radius 3 is 1.38 bits per heavy atom. The summed E-state index contributed by atoms with van der Waals surface area (Å²) in [6, 6.07) is 0. The van der Waals surface area contributed by atoms with E-state index in [1.165, 1.54) is 0 Å². The zero-order chi connectivity index (χ0) is 13.2. The Morgan fingerprint density at radius 1 is 0.875 bits per heavy atom. The van der Waals surface area contributed by atoms with Crippen molar-refractivity contribution in [1.82, 2.24) is 10.6 Å². The third-order valence-electron chi connectivity index (χ3n) is 1.70. The van der Waals surface area contributed by atoms with E-state index in [9.17, 15) is 0 Å². The molecule has 0 radical (unpaired) electrons. The molecule has 0 aromatic carbocycles. The van der Waals surface area contributed by atoms with Gasteiger partial charge in [-0.3, -0.25) is 10.6 Å². The number of rotatable bonds is 4. The van der Waals surface area contributed by atoms with Crippen LogP contribution in [0.2, 0.25) is 0 Å². The third kappa shape index (κ3) is 8.27. The van der Waals surface area contributed by atoms with Crippen molar-refractivity contribution in [3.8, 4) is 0 Å². The average molecular weight is 246 g/mol. The maximum Gasteiger partial charge on any atom is 0.147 e. The number of nitrogens with one attached hydrogen (secondary N) is 2. The lowest BCUT2D eigenvalue weighted by Gasteiger charge is -2.43. The first kappa shape index (κ1) is 16.1. The van der Waals surface area contributed by atoms with E-state index >= 15 is 0 Å². The van der Waals surface area contributed by atoms with Crippen molar-refractivity contribution >= 4 is 10.2 Å². The Morgan fingerprint density at radius 2 is 1.19 bits per heavy atom. The van der Waals surface area contributed by atoms with Gasteiger partial charge in [0.1, 0.15) is 5.47 Å². The van der Waals surface area contributed by atoms with Crippen molar-refractivity contribution in [3.63, 3.8) is 0 Å². The van der Waals surface area contributed by atoms with Crippen molar-refractivity contribution < 1.29 is 4.74 Å². The van der Waals surface area contributed by atoms with E-state index in [1.54, 1.807) is 0 Å². The van der Waals surface area contributed by atoms with Gasteiger partial charge in [-0.05, 0) is 55.4 Å². The maximum absolute atomic E-state index is 6.03. The SMILES string of the molecule is CC(C)OC([SiH3])(NC(C)(C)C)NC(C)(C)C. The molecule has 0 aliphatic rings. The van der Waals surface area contributed by atoms with Crippen LogP contribution in [0.3, 0.4) is 0 Å². The molecule has 0 spiro atoms. The highest BCUT2D eigenvalue weighted by Gasteiger charge is 2.33. The van der Waals surface area contributed by atoms with Crippen molar-refractivity contribution in [2.45, 2.75) is 78.0 Å². The zero-order valence-electron chi connectivity index (χ0n) is 12.5. The average Bonchev–Trinajstić information content (AvgIpc) is 1.69. The summed E-state index contributed by atoms with van der Waals surface area (Å²) < 4.78 is 6.03. The minimum Gasteiger partial charge on any atom is -0.350 e. The summed E-state index contributed by atoms with van der Waals surface area (Å²) in [5.74, 6) is 0. The number of ether oxygens (including phenoxy) is 1. The van der Waals surface area contributed by atoms with Gasteiger partial charge in [0, 0.05) is 11.1 Å². The molecule has 0 rings (SSSR count). The first-order valence-corrected chi connectivity index (χ1v) is 7.09. The number of hydrogen-bond acceptors (Lipinski definition) is 3. The molecule has 0 saturated heterocycles. The molecule has 4 heteroatoms. The van der Waals surface area contributed by atoms with E-state index in [2.05, 4.69) is 66.0 Å². The normalized spacial score (nSPS) is 14.8. The van der Waals surface area contributed by atoms with Gasteiger partial charge in [-0.2, -0.15) is 0 Å². The minimum absolute atomic E-state index is 0.0366. The van der Waals surface area contributed by atoms with Crippen LogP contribution in [0.25, 0.3) is 0 Å². The van der Waals surface area contributed by atoms with E-state index in [-0.39, 0.29) is 22.7 Å². The molecule has 0 atom stereocenters. The van der Waals surface area contributed by atoms with Crippen LogP contribution in [0.5, 0.6) is 0 Å². The zero-order valence-corrected chi connectivity index (χ0v) is 14.5. The van der Waals surface area contributed by atoms with Crippen LogP contribution in [0.15, 0.2) is 0 Å². The Bertz CT molecular complexity index is 200. The van der Waals surface area contributed by atoms with Crippen LogP contribution in [-0.2, 0) is 4.74 Å². The highest BCUT2D eigenvalue weighted by atomic mass is 28.1. The Kier molecular flexibility index (Phi) is 5.20.